The van der Waals surface area contributed by atoms with Crippen LogP contribution in [0.1, 0.15) is 79.1 Å². The molecule has 0 heterocycles. The van der Waals surface area contributed by atoms with Gasteiger partial charge >= 0.3 is 11.9 Å². The molecule has 4 aliphatic rings. The number of carbonyl (C=O) groups excluding carboxylic acids is 4. The number of carbonyl (C=O) groups is 5. The number of fused-ring (bicyclic) bond motifs is 5. The van der Waals surface area contributed by atoms with Crippen molar-refractivity contribution in [3.05, 3.63) is 23.8 Å². The van der Waals surface area contributed by atoms with E-state index in [0.717, 1.165) is 6.42 Å². The van der Waals surface area contributed by atoms with Gasteiger partial charge in [-0.2, -0.15) is 0 Å². The number of primary amides is 1. The molecule has 0 aromatic heterocycles. The number of carboxylic acids is 1. The van der Waals surface area contributed by atoms with Gasteiger partial charge in [-0.15, -0.1) is 0 Å². The zero-order valence-electron chi connectivity index (χ0n) is 25.9. The third-order valence-corrected chi connectivity index (χ3v) is 10.4. The van der Waals surface area contributed by atoms with E-state index in [4.69, 9.17) is 21.3 Å². The average molecular weight is 625 g/mol. The van der Waals surface area contributed by atoms with Gasteiger partial charge < -0.3 is 26.4 Å². The van der Waals surface area contributed by atoms with Crippen LogP contribution >= 0.6 is 0 Å². The Balaban J connectivity index is 0.000000456. The fourth-order valence-electron chi connectivity index (χ4n) is 8.31. The van der Waals surface area contributed by atoms with E-state index in [-0.39, 0.29) is 67.7 Å². The highest BCUT2D eigenvalue weighted by molar-refractivity contribution is 6.01. The summed E-state index contributed by atoms with van der Waals surface area (Å²) in [6.45, 7) is 7.03. The van der Waals surface area contributed by atoms with Crippen molar-refractivity contribution in [1.82, 2.24) is 0 Å². The van der Waals surface area contributed by atoms with Crippen molar-refractivity contribution in [3.63, 3.8) is 0 Å². The number of rotatable bonds is 10. The fourth-order valence-corrected chi connectivity index (χ4v) is 8.31. The highest BCUT2D eigenvalue weighted by Gasteiger charge is 2.73. The number of aliphatic hydroxyl groups is 1. The van der Waals surface area contributed by atoms with Gasteiger partial charge in [0, 0.05) is 30.1 Å². The minimum Gasteiger partial charge on any atom is -0.480 e. The Kier molecular flexibility index (Phi) is 10.9. The highest BCUT2D eigenvalue weighted by atomic mass is 19.1. The fraction of sp³-hybridized carbons (Fsp3) is 0.719. The molecule has 0 spiro atoms. The Hall–Kier alpha value is -2.99. The van der Waals surface area contributed by atoms with Gasteiger partial charge in [0.25, 0.3) is 0 Å². The molecule has 1 amide bonds. The molecule has 10 nitrogen and oxygen atoms in total. The van der Waals surface area contributed by atoms with Crippen LogP contribution in [0.5, 0.6) is 0 Å². The Morgan fingerprint density at radius 3 is 2.41 bits per heavy atom. The van der Waals surface area contributed by atoms with Gasteiger partial charge in [0.05, 0.1) is 6.10 Å². The summed E-state index contributed by atoms with van der Waals surface area (Å²) >= 11 is 0. The molecule has 0 bridgehead atoms. The minimum atomic E-state index is -2.15. The maximum absolute atomic E-state index is 17.1. The summed E-state index contributed by atoms with van der Waals surface area (Å²) in [5.74, 6) is -4.39. The van der Waals surface area contributed by atoms with Gasteiger partial charge in [0.15, 0.2) is 17.2 Å². The number of allylic oxidation sites excluding steroid dienone is 4. The van der Waals surface area contributed by atoms with Crippen molar-refractivity contribution in [2.45, 2.75) is 103 Å². The van der Waals surface area contributed by atoms with Gasteiger partial charge in [0.1, 0.15) is 18.8 Å². The second kappa shape index (κ2) is 13.6. The molecule has 0 radical (unpaired) electrons. The van der Waals surface area contributed by atoms with E-state index in [0.29, 0.717) is 12.8 Å². The summed E-state index contributed by atoms with van der Waals surface area (Å²) in [6, 6.07) is -0.979. The van der Waals surface area contributed by atoms with Crippen LogP contribution in [0, 0.1) is 34.5 Å². The van der Waals surface area contributed by atoms with Crippen LogP contribution in [0.15, 0.2) is 23.8 Å². The first kappa shape index (κ1) is 35.5. The van der Waals surface area contributed by atoms with E-state index in [1.54, 1.807) is 6.92 Å². The van der Waals surface area contributed by atoms with Crippen molar-refractivity contribution in [3.8, 4) is 0 Å². The number of ketones is 2. The number of aliphatic hydroxyl groups excluding tert-OH is 1. The van der Waals surface area contributed by atoms with Crippen LogP contribution in [0.3, 0.4) is 0 Å². The zero-order chi connectivity index (χ0) is 33.2. The van der Waals surface area contributed by atoms with Crippen LogP contribution in [-0.2, 0) is 28.7 Å². The molecule has 246 valence electrons. The van der Waals surface area contributed by atoms with Crippen LogP contribution in [0.25, 0.3) is 0 Å². The first-order chi connectivity index (χ1) is 20.4. The number of nitrogens with two attached hydrogens (primary N) is 2. The number of ether oxygens (including phenoxy) is 1. The number of alkyl halides is 2. The predicted molar refractivity (Wildman–Crippen MR) is 156 cm³/mol. The van der Waals surface area contributed by atoms with Gasteiger partial charge in [-0.3, -0.25) is 24.0 Å². The second-order valence-electron chi connectivity index (χ2n) is 13.3. The standard InChI is InChI=1S/C27H36F2O5.C5H10N2O3/c1-5-6-7-23(33)34-14-21(31)24-15(2)10-17-18-12-20(28)19-11-16(30)8-9-26(19,4)27(18,29)22(32)13-25(17,24)3;6-3(5(9)10)1-2-4(7)8/h8-9,11,15,17-18,20,22,24,32H,5-7,10,12-14H2,1-4H3;3H,1-2,6H2,(H2,7,8)(H,9,10)/t15-,17+,18+,20+,22+,24-,25+,26+,27+;/m1./s1. The average Bonchev–Trinajstić information content (AvgIpc) is 3.21. The Morgan fingerprint density at radius 2 is 1.82 bits per heavy atom. The summed E-state index contributed by atoms with van der Waals surface area (Å²) in [7, 11) is 0. The number of carboxylic acid groups (broad SMARTS) is 1. The lowest BCUT2D eigenvalue weighted by atomic mass is 9.45. The Bertz CT molecular complexity index is 1220. The number of unbranched alkanes of at least 4 members (excludes halogenated alkanes) is 1. The molecule has 0 aromatic rings. The second-order valence-corrected chi connectivity index (χ2v) is 13.3. The maximum atomic E-state index is 17.1. The van der Waals surface area contributed by atoms with E-state index >= 15 is 8.78 Å². The lowest BCUT2D eigenvalue weighted by Gasteiger charge is -2.62. The zero-order valence-corrected chi connectivity index (χ0v) is 25.9. The number of aliphatic carboxylic acids is 1. The van der Waals surface area contributed by atoms with Crippen LogP contribution < -0.4 is 11.5 Å². The molecule has 44 heavy (non-hydrogen) atoms. The van der Waals surface area contributed by atoms with Crippen molar-refractivity contribution < 1.29 is 47.7 Å². The molecular weight excluding hydrogens is 578 g/mol. The topological polar surface area (TPSA) is 187 Å². The van der Waals surface area contributed by atoms with E-state index in [1.165, 1.54) is 18.2 Å². The number of hydrogen-bond donors (Lipinski definition) is 4. The first-order valence-electron chi connectivity index (χ1n) is 15.3. The van der Waals surface area contributed by atoms with Crippen molar-refractivity contribution in [2.75, 3.05) is 6.61 Å². The molecule has 12 heteroatoms. The molecule has 1 unspecified atom stereocenters. The van der Waals surface area contributed by atoms with Crippen molar-refractivity contribution in [1.29, 1.82) is 0 Å². The normalized spacial score (nSPS) is 37.7. The van der Waals surface area contributed by atoms with Crippen molar-refractivity contribution in [2.24, 2.45) is 46.0 Å². The molecule has 3 fully saturated rings. The lowest BCUT2D eigenvalue weighted by molar-refractivity contribution is -0.202. The maximum Gasteiger partial charge on any atom is 0.320 e. The number of halogens is 2. The highest BCUT2D eigenvalue weighted by Crippen LogP contribution is 2.70. The Labute approximate surface area is 256 Å². The smallest absolute Gasteiger partial charge is 0.320 e. The van der Waals surface area contributed by atoms with Gasteiger partial charge in [-0.1, -0.05) is 33.3 Å². The summed E-state index contributed by atoms with van der Waals surface area (Å²) in [4.78, 5) is 57.2. The molecular formula is C32H46F2N2O8. The third-order valence-electron chi connectivity index (χ3n) is 10.4. The molecule has 10 atom stereocenters. The van der Waals surface area contributed by atoms with Crippen molar-refractivity contribution >= 4 is 29.4 Å². The number of hydrogen-bond acceptors (Lipinski definition) is 8. The first-order valence-corrected chi connectivity index (χ1v) is 15.3. The predicted octanol–water partition coefficient (Wildman–Crippen LogP) is 3.13. The van der Waals surface area contributed by atoms with Gasteiger partial charge in [-0.25, -0.2) is 8.78 Å². The van der Waals surface area contributed by atoms with Crippen LogP contribution in [0.4, 0.5) is 8.78 Å². The number of amides is 1. The monoisotopic (exact) mass is 624 g/mol. The van der Waals surface area contributed by atoms with Gasteiger partial charge in [0.2, 0.25) is 5.91 Å². The minimum absolute atomic E-state index is 0.0213. The number of esters is 1. The van der Waals surface area contributed by atoms with Crippen LogP contribution in [-0.4, -0.2) is 70.2 Å². The van der Waals surface area contributed by atoms with E-state index in [2.05, 4.69) is 0 Å². The van der Waals surface area contributed by atoms with E-state index in [9.17, 15) is 29.1 Å². The number of Topliss-reactive ketones (excluding diaryl/α,β-unsaturated/α-hetero) is 1. The van der Waals surface area contributed by atoms with Crippen LogP contribution in [0.2, 0.25) is 0 Å². The summed E-state index contributed by atoms with van der Waals surface area (Å²) < 4.78 is 37.7. The summed E-state index contributed by atoms with van der Waals surface area (Å²) in [6.07, 6.45) is 3.33. The lowest BCUT2D eigenvalue weighted by Crippen LogP contribution is -2.68. The summed E-state index contributed by atoms with van der Waals surface area (Å²) in [5.41, 5.74) is 5.60. The molecule has 0 aromatic carbocycles. The van der Waals surface area contributed by atoms with Gasteiger partial charge in [-0.05, 0) is 74.0 Å². The summed E-state index contributed by atoms with van der Waals surface area (Å²) in [5, 5.41) is 19.5. The molecule has 0 saturated heterocycles. The van der Waals surface area contributed by atoms with E-state index < -0.39 is 64.5 Å². The molecule has 6 N–H and O–H groups in total. The quantitative estimate of drug-likeness (QED) is 0.265. The van der Waals surface area contributed by atoms with E-state index in [1.807, 2.05) is 20.8 Å². The largest absolute Gasteiger partial charge is 0.480 e. The molecule has 4 aliphatic carbocycles. The third kappa shape index (κ3) is 6.51. The Morgan fingerprint density at radius 1 is 1.16 bits per heavy atom. The molecule has 0 aliphatic heterocycles. The molecule has 3 saturated carbocycles. The SMILES string of the molecule is CCCCC(=O)OCC(=O)[C@H]1[C@H](C)C[C@H]2[C@@H]3C[C@H](F)C4=CC(=O)C=C[C@]4(C)[C@@]3(F)[C@@H](O)C[C@@]21C.NC(=O)CCC(N)C(=O)O. The molecule has 4 rings (SSSR count).